The third-order valence-electron chi connectivity index (χ3n) is 12.0. The van der Waals surface area contributed by atoms with E-state index in [2.05, 4.69) is 132 Å². The Balaban J connectivity index is 0.997. The molecule has 6 heteroatoms. The second-order valence-electron chi connectivity index (χ2n) is 15.0. The smallest absolute Gasteiger partial charge is 0.143 e. The largest absolute Gasteiger partial charge is 0.359 e. The Bertz CT molecular complexity index is 2450. The summed E-state index contributed by atoms with van der Waals surface area (Å²) in [5.74, 6) is 1.80. The summed E-state index contributed by atoms with van der Waals surface area (Å²) in [4.78, 5) is 12.8. The highest BCUT2D eigenvalue weighted by atomic mass is 35.5. The van der Waals surface area contributed by atoms with Gasteiger partial charge in [-0.05, 0) is 88.4 Å². The molecule has 3 aliphatic rings. The molecule has 0 aromatic heterocycles. The molecule has 0 bridgehead atoms. The molecule has 54 heavy (non-hydrogen) atoms. The number of hydrogen-bond acceptors (Lipinski definition) is 5. The summed E-state index contributed by atoms with van der Waals surface area (Å²) in [6.45, 7) is 1.39. The molecule has 5 nitrogen and oxygen atoms in total. The minimum Gasteiger partial charge on any atom is -0.359 e. The molecule has 268 valence electrons. The molecule has 1 fully saturated rings. The average molecular weight is 726 g/mol. The molecule has 0 radical (unpaired) electrons. The van der Waals surface area contributed by atoms with Crippen LogP contribution >= 0.6 is 11.6 Å². The normalized spacial score (nSPS) is 19.9. The topological polar surface area (TPSA) is 63.8 Å². The van der Waals surface area contributed by atoms with E-state index in [-0.39, 0.29) is 6.04 Å². The van der Waals surface area contributed by atoms with E-state index in [9.17, 15) is 5.26 Å². The van der Waals surface area contributed by atoms with Crippen LogP contribution in [0.3, 0.4) is 0 Å². The molecule has 0 amide bonds. The van der Waals surface area contributed by atoms with E-state index in [4.69, 9.17) is 21.6 Å². The number of aryl methyl sites for hydroxylation is 3. The van der Waals surface area contributed by atoms with Gasteiger partial charge in [0.15, 0.2) is 0 Å². The average Bonchev–Trinajstić information content (AvgIpc) is 3.86. The molecule has 1 saturated carbocycles. The van der Waals surface area contributed by atoms with Crippen molar-refractivity contribution in [2.75, 3.05) is 13.1 Å². The minimum atomic E-state index is -0.527. The molecule has 0 spiro atoms. The van der Waals surface area contributed by atoms with Crippen molar-refractivity contribution in [2.45, 2.75) is 69.0 Å². The van der Waals surface area contributed by atoms with Crippen LogP contribution in [0.1, 0.15) is 59.1 Å². The van der Waals surface area contributed by atoms with Crippen molar-refractivity contribution >= 4 is 44.8 Å². The zero-order chi connectivity index (χ0) is 36.5. The summed E-state index contributed by atoms with van der Waals surface area (Å²) in [7, 11) is 0. The van der Waals surface area contributed by atoms with Gasteiger partial charge in [-0.25, -0.2) is 0 Å². The molecule has 1 N–H and O–H groups in total. The van der Waals surface area contributed by atoms with Crippen LogP contribution in [0.4, 0.5) is 0 Å². The fraction of sp³-hybridized carbons (Fsp3) is 0.271. The van der Waals surface area contributed by atoms with Crippen LogP contribution < -0.4 is 5.32 Å². The Labute approximate surface area is 323 Å². The van der Waals surface area contributed by atoms with E-state index in [1.165, 1.54) is 38.2 Å². The van der Waals surface area contributed by atoms with Gasteiger partial charge in [-0.3, -0.25) is 9.98 Å². The minimum absolute atomic E-state index is 0.0146. The third-order valence-corrected chi connectivity index (χ3v) is 12.4. The first-order valence-corrected chi connectivity index (χ1v) is 19.9. The fourth-order valence-corrected chi connectivity index (χ4v) is 9.66. The molecule has 3 atom stereocenters. The van der Waals surface area contributed by atoms with Crippen molar-refractivity contribution in [1.82, 2.24) is 10.2 Å². The number of hydrogen-bond donors (Lipinski definition) is 1. The lowest BCUT2D eigenvalue weighted by Gasteiger charge is -2.45. The van der Waals surface area contributed by atoms with E-state index in [1.54, 1.807) is 0 Å². The summed E-state index contributed by atoms with van der Waals surface area (Å²) in [6.07, 6.45) is 7.46. The zero-order valence-corrected chi connectivity index (χ0v) is 31.3. The van der Waals surface area contributed by atoms with Crippen LogP contribution in [0.25, 0.3) is 21.5 Å². The number of halogens is 1. The quantitative estimate of drug-likeness (QED) is 0.153. The Morgan fingerprint density at radius 2 is 1.33 bits per heavy atom. The van der Waals surface area contributed by atoms with Crippen LogP contribution in [-0.2, 0) is 25.7 Å². The highest BCUT2D eigenvalue weighted by Crippen LogP contribution is 2.41. The maximum atomic E-state index is 11.2. The van der Waals surface area contributed by atoms with Gasteiger partial charge < -0.3 is 10.2 Å². The number of nitrogens with zero attached hydrogens (tertiary/aromatic N) is 4. The number of aliphatic imine (C=N–C) groups is 2. The second-order valence-corrected chi connectivity index (χ2v) is 15.4. The molecule has 6 aromatic carbocycles. The summed E-state index contributed by atoms with van der Waals surface area (Å²) in [5, 5.41) is 21.0. The highest BCUT2D eigenvalue weighted by Gasteiger charge is 2.54. The van der Waals surface area contributed by atoms with Crippen LogP contribution in [0.2, 0.25) is 5.02 Å². The van der Waals surface area contributed by atoms with Gasteiger partial charge in [0.1, 0.15) is 17.7 Å². The predicted molar refractivity (Wildman–Crippen MR) is 223 cm³/mol. The predicted octanol–water partition coefficient (Wildman–Crippen LogP) is 9.90. The van der Waals surface area contributed by atoms with E-state index < -0.39 is 11.6 Å². The lowest BCUT2D eigenvalue weighted by molar-refractivity contribution is 0.160. The lowest BCUT2D eigenvalue weighted by Crippen LogP contribution is -2.65. The zero-order valence-electron chi connectivity index (χ0n) is 30.5. The van der Waals surface area contributed by atoms with Crippen molar-refractivity contribution in [3.05, 3.63) is 166 Å². The van der Waals surface area contributed by atoms with Crippen LogP contribution in [0.15, 0.2) is 137 Å². The van der Waals surface area contributed by atoms with Gasteiger partial charge in [0.2, 0.25) is 0 Å². The molecule has 1 aliphatic carbocycles. The van der Waals surface area contributed by atoms with Gasteiger partial charge >= 0.3 is 0 Å². The van der Waals surface area contributed by atoms with E-state index in [0.29, 0.717) is 13.1 Å². The van der Waals surface area contributed by atoms with Crippen LogP contribution in [0, 0.1) is 11.3 Å². The first-order valence-electron chi connectivity index (χ1n) is 19.5. The molecular weight excluding hydrogens is 682 g/mol. The Hall–Kier alpha value is -5.44. The number of nitriles is 1. The van der Waals surface area contributed by atoms with Crippen molar-refractivity contribution in [3.63, 3.8) is 0 Å². The lowest BCUT2D eigenvalue weighted by atomic mass is 9.73. The Morgan fingerprint density at radius 1 is 0.722 bits per heavy atom. The molecular formula is C48H44ClN5. The van der Waals surface area contributed by atoms with E-state index in [0.717, 1.165) is 84.8 Å². The van der Waals surface area contributed by atoms with E-state index >= 15 is 0 Å². The van der Waals surface area contributed by atoms with Crippen LogP contribution in [0.5, 0.6) is 0 Å². The van der Waals surface area contributed by atoms with Gasteiger partial charge in [-0.2, -0.15) is 5.26 Å². The number of nitrogens with one attached hydrogen (secondary N) is 1. The maximum absolute atomic E-state index is 11.2. The maximum Gasteiger partial charge on any atom is 0.143 e. The molecule has 0 saturated heterocycles. The third kappa shape index (κ3) is 6.23. The van der Waals surface area contributed by atoms with Crippen molar-refractivity contribution in [2.24, 2.45) is 9.98 Å². The molecule has 2 heterocycles. The van der Waals surface area contributed by atoms with Gasteiger partial charge in [0.25, 0.3) is 0 Å². The van der Waals surface area contributed by atoms with Crippen molar-refractivity contribution in [1.29, 1.82) is 5.26 Å². The fourth-order valence-electron chi connectivity index (χ4n) is 9.39. The molecule has 3 unspecified atom stereocenters. The number of rotatable bonds is 10. The highest BCUT2D eigenvalue weighted by molar-refractivity contribution is 6.32. The summed E-state index contributed by atoms with van der Waals surface area (Å²) < 4.78 is 0. The van der Waals surface area contributed by atoms with Gasteiger partial charge in [0, 0.05) is 22.7 Å². The number of benzene rings is 6. The van der Waals surface area contributed by atoms with E-state index in [1.807, 2.05) is 12.1 Å². The first-order chi connectivity index (χ1) is 26.6. The summed E-state index contributed by atoms with van der Waals surface area (Å²) in [6, 6.07) is 47.5. The summed E-state index contributed by atoms with van der Waals surface area (Å²) in [5.41, 5.74) is 6.67. The van der Waals surface area contributed by atoms with Gasteiger partial charge in [0.05, 0.1) is 24.2 Å². The molecule has 6 aromatic rings. The number of fused-ring (bicyclic) bond motifs is 3. The Kier molecular flexibility index (Phi) is 9.39. The van der Waals surface area contributed by atoms with Crippen LogP contribution in [-0.4, -0.2) is 47.3 Å². The standard InChI is InChI=1S/C48H44ClN5/c49-43-23-11-22-42(41(43)28-27-36-18-10-16-34-13-2-5-20-39(34)36)46-52-44-24-7-8-29-48(44,53-46)45(32-50)54-31-30-51-47(54)40-21-6-3-14-37(40)26-25-35-17-9-15-33-12-1-4-19-38(33)35/h1-6,9-23,44-45H,7-8,24-31H2,(H,52,53). The monoisotopic (exact) mass is 725 g/mol. The Morgan fingerprint density at radius 3 is 2.09 bits per heavy atom. The van der Waals surface area contributed by atoms with Gasteiger partial charge in [-0.1, -0.05) is 146 Å². The molecule has 9 rings (SSSR count). The van der Waals surface area contributed by atoms with Crippen molar-refractivity contribution < 1.29 is 0 Å². The summed E-state index contributed by atoms with van der Waals surface area (Å²) >= 11 is 7.01. The second kappa shape index (κ2) is 14.8. The first kappa shape index (κ1) is 34.3. The SMILES string of the molecule is N#CC(N1CCN=C1c1ccccc1CCc1cccc2ccccc12)C12CCCCC1N=C(c1cccc(Cl)c1CCc1cccc3ccccc13)N2. The van der Waals surface area contributed by atoms with Crippen molar-refractivity contribution in [3.8, 4) is 6.07 Å². The van der Waals surface area contributed by atoms with Gasteiger partial charge in [-0.15, -0.1) is 0 Å². The molecule has 2 aliphatic heterocycles. The number of amidine groups is 2.